The SMILES string of the molecule is CCOC(=O)Cn1cc(COCCN2C(=O)c3ccccc3C23c2ccc(N)cc2Oc2cc(N)ccc23)nn1. The van der Waals surface area contributed by atoms with Gasteiger partial charge in [0.25, 0.3) is 5.91 Å². The van der Waals surface area contributed by atoms with Gasteiger partial charge in [0.05, 0.1) is 26.0 Å². The summed E-state index contributed by atoms with van der Waals surface area (Å²) in [6.07, 6.45) is 1.63. The fourth-order valence-electron chi connectivity index (χ4n) is 5.54. The molecule has 6 rings (SSSR count). The second kappa shape index (κ2) is 10.0. The lowest BCUT2D eigenvalue weighted by Crippen LogP contribution is -2.48. The van der Waals surface area contributed by atoms with E-state index in [2.05, 4.69) is 10.3 Å². The van der Waals surface area contributed by atoms with Gasteiger partial charge in [-0.3, -0.25) is 9.59 Å². The highest BCUT2D eigenvalue weighted by molar-refractivity contribution is 6.02. The van der Waals surface area contributed by atoms with Crippen LogP contribution in [0.15, 0.2) is 66.9 Å². The molecule has 1 spiro atoms. The molecule has 0 radical (unpaired) electrons. The molecule has 2 aliphatic rings. The summed E-state index contributed by atoms with van der Waals surface area (Å²) in [6, 6.07) is 18.6. The van der Waals surface area contributed by atoms with E-state index in [0.29, 0.717) is 40.7 Å². The molecule has 1 amide bonds. The van der Waals surface area contributed by atoms with Gasteiger partial charge in [0.1, 0.15) is 29.3 Å². The van der Waals surface area contributed by atoms with E-state index in [9.17, 15) is 9.59 Å². The van der Waals surface area contributed by atoms with E-state index in [1.54, 1.807) is 25.3 Å². The summed E-state index contributed by atoms with van der Waals surface area (Å²) in [6.45, 7) is 2.67. The van der Waals surface area contributed by atoms with E-state index in [1.165, 1.54) is 4.68 Å². The smallest absolute Gasteiger partial charge is 0.327 e. The fraction of sp³-hybridized carbons (Fsp3) is 0.241. The van der Waals surface area contributed by atoms with Crippen molar-refractivity contribution >= 4 is 23.3 Å². The molecule has 0 saturated heterocycles. The lowest BCUT2D eigenvalue weighted by atomic mass is 9.74. The van der Waals surface area contributed by atoms with Crippen LogP contribution in [0.2, 0.25) is 0 Å². The predicted octanol–water partition coefficient (Wildman–Crippen LogP) is 3.08. The Balaban J connectivity index is 1.32. The van der Waals surface area contributed by atoms with Crippen LogP contribution in [0.25, 0.3) is 0 Å². The number of hydrogen-bond donors (Lipinski definition) is 2. The number of anilines is 2. The number of rotatable bonds is 8. The number of esters is 1. The number of hydrogen-bond acceptors (Lipinski definition) is 9. The minimum absolute atomic E-state index is 0.0280. The van der Waals surface area contributed by atoms with Gasteiger partial charge in [-0.2, -0.15) is 0 Å². The van der Waals surface area contributed by atoms with Crippen LogP contribution in [0.4, 0.5) is 11.4 Å². The molecule has 2 aliphatic heterocycles. The molecule has 0 saturated carbocycles. The number of aromatic nitrogens is 3. The number of carbonyl (C=O) groups excluding carboxylic acids is 2. The molecule has 0 atom stereocenters. The molecule has 3 aromatic carbocycles. The van der Waals surface area contributed by atoms with Gasteiger partial charge < -0.3 is 30.6 Å². The standard InChI is InChI=1S/C29H28N6O5/c1-2-39-27(36)16-34-15-20(32-33-34)17-38-12-11-35-28(37)21-5-3-4-6-22(21)29(35)23-9-7-18(30)13-25(23)40-26-14-19(31)8-10-24(26)29/h3-10,13-15H,2,11-12,16-17,30-31H2,1H3. The molecule has 1 aromatic heterocycles. The van der Waals surface area contributed by atoms with Crippen LogP contribution in [0.3, 0.4) is 0 Å². The summed E-state index contributed by atoms with van der Waals surface area (Å²) in [5, 5.41) is 8.02. The molecular formula is C29H28N6O5. The molecule has 0 fully saturated rings. The maximum atomic E-state index is 14.0. The van der Waals surface area contributed by atoms with Gasteiger partial charge in [0.15, 0.2) is 0 Å². The van der Waals surface area contributed by atoms with Gasteiger partial charge in [-0.25, -0.2) is 4.68 Å². The van der Waals surface area contributed by atoms with Gasteiger partial charge in [-0.05, 0) is 30.7 Å². The number of carbonyl (C=O) groups is 2. The second-order valence-electron chi connectivity index (χ2n) is 9.59. The van der Waals surface area contributed by atoms with E-state index < -0.39 is 11.5 Å². The summed E-state index contributed by atoms with van der Waals surface area (Å²) in [7, 11) is 0. The first-order chi connectivity index (χ1) is 19.4. The molecular weight excluding hydrogens is 512 g/mol. The molecule has 11 heteroatoms. The predicted molar refractivity (Wildman–Crippen MR) is 145 cm³/mol. The summed E-state index contributed by atoms with van der Waals surface area (Å²) >= 11 is 0. The highest BCUT2D eigenvalue weighted by atomic mass is 16.5. The lowest BCUT2D eigenvalue weighted by molar-refractivity contribution is -0.144. The first kappa shape index (κ1) is 25.4. The number of nitrogens with two attached hydrogens (primary N) is 2. The van der Waals surface area contributed by atoms with Crippen LogP contribution < -0.4 is 16.2 Å². The normalized spacial score (nSPS) is 14.4. The summed E-state index contributed by atoms with van der Waals surface area (Å²) in [5.41, 5.74) is 16.0. The summed E-state index contributed by atoms with van der Waals surface area (Å²) in [5.74, 6) is 0.614. The maximum absolute atomic E-state index is 14.0. The molecule has 4 N–H and O–H groups in total. The zero-order valence-electron chi connectivity index (χ0n) is 21.9. The molecule has 0 unspecified atom stereocenters. The van der Waals surface area contributed by atoms with E-state index in [4.69, 9.17) is 25.7 Å². The number of nitrogen functional groups attached to an aromatic ring is 2. The number of benzene rings is 3. The van der Waals surface area contributed by atoms with Crippen LogP contribution in [-0.2, 0) is 33.0 Å². The largest absolute Gasteiger partial charge is 0.465 e. The van der Waals surface area contributed by atoms with Crippen molar-refractivity contribution in [3.8, 4) is 11.5 Å². The van der Waals surface area contributed by atoms with E-state index in [-0.39, 0.29) is 32.2 Å². The molecule has 3 heterocycles. The van der Waals surface area contributed by atoms with E-state index in [0.717, 1.165) is 16.7 Å². The third-order valence-corrected chi connectivity index (χ3v) is 7.10. The fourth-order valence-corrected chi connectivity index (χ4v) is 5.54. The number of amides is 1. The summed E-state index contributed by atoms with van der Waals surface area (Å²) < 4.78 is 18.6. The quantitative estimate of drug-likeness (QED) is 0.195. The highest BCUT2D eigenvalue weighted by Gasteiger charge is 2.56. The third-order valence-electron chi connectivity index (χ3n) is 7.10. The van der Waals surface area contributed by atoms with Crippen LogP contribution in [0, 0.1) is 0 Å². The van der Waals surface area contributed by atoms with Crippen molar-refractivity contribution < 1.29 is 23.8 Å². The van der Waals surface area contributed by atoms with E-state index >= 15 is 0 Å². The number of ether oxygens (including phenoxy) is 3. The number of fused-ring (bicyclic) bond motifs is 6. The second-order valence-corrected chi connectivity index (χ2v) is 9.59. The van der Waals surface area contributed by atoms with Gasteiger partial charge in [-0.15, -0.1) is 5.10 Å². The van der Waals surface area contributed by atoms with Crippen molar-refractivity contribution in [1.29, 1.82) is 0 Å². The molecule has 11 nitrogen and oxygen atoms in total. The minimum Gasteiger partial charge on any atom is -0.465 e. The van der Waals surface area contributed by atoms with Crippen molar-refractivity contribution in [2.45, 2.75) is 25.6 Å². The van der Waals surface area contributed by atoms with Crippen LogP contribution in [-0.4, -0.2) is 51.5 Å². The van der Waals surface area contributed by atoms with Crippen molar-refractivity contribution in [2.75, 3.05) is 31.2 Å². The Morgan fingerprint density at radius 1 is 1.00 bits per heavy atom. The first-order valence-corrected chi connectivity index (χ1v) is 12.9. The Labute approximate surface area is 230 Å². The van der Waals surface area contributed by atoms with Gasteiger partial charge in [0.2, 0.25) is 0 Å². The zero-order chi connectivity index (χ0) is 27.9. The highest BCUT2D eigenvalue weighted by Crippen LogP contribution is 2.57. The monoisotopic (exact) mass is 540 g/mol. The van der Waals surface area contributed by atoms with Gasteiger partial charge in [0, 0.05) is 46.7 Å². The molecule has 0 bridgehead atoms. The zero-order valence-corrected chi connectivity index (χ0v) is 21.9. The Kier molecular flexibility index (Phi) is 6.35. The molecule has 0 aliphatic carbocycles. The Morgan fingerprint density at radius 2 is 1.70 bits per heavy atom. The van der Waals surface area contributed by atoms with Crippen LogP contribution in [0.5, 0.6) is 11.5 Å². The maximum Gasteiger partial charge on any atom is 0.327 e. The molecule has 204 valence electrons. The Bertz CT molecular complexity index is 1560. The van der Waals surface area contributed by atoms with E-state index in [1.807, 2.05) is 53.4 Å². The van der Waals surface area contributed by atoms with Gasteiger partial charge in [-0.1, -0.05) is 35.5 Å². The minimum atomic E-state index is -0.968. The van der Waals surface area contributed by atoms with Crippen molar-refractivity contribution in [3.63, 3.8) is 0 Å². The average Bonchev–Trinajstić information content (AvgIpc) is 3.47. The van der Waals surface area contributed by atoms with Crippen molar-refractivity contribution in [1.82, 2.24) is 19.9 Å². The van der Waals surface area contributed by atoms with Crippen LogP contribution in [0.1, 0.15) is 39.7 Å². The van der Waals surface area contributed by atoms with Crippen LogP contribution >= 0.6 is 0 Å². The van der Waals surface area contributed by atoms with Crippen molar-refractivity contribution in [2.24, 2.45) is 0 Å². The van der Waals surface area contributed by atoms with Gasteiger partial charge >= 0.3 is 5.97 Å². The third kappa shape index (κ3) is 4.11. The molecule has 4 aromatic rings. The van der Waals surface area contributed by atoms with Crippen molar-refractivity contribution in [3.05, 3.63) is 94.8 Å². The molecule has 40 heavy (non-hydrogen) atoms. The first-order valence-electron chi connectivity index (χ1n) is 12.9. The number of nitrogens with zero attached hydrogens (tertiary/aromatic N) is 4. The Hall–Kier alpha value is -4.90. The topological polar surface area (TPSA) is 148 Å². The average molecular weight is 541 g/mol. The summed E-state index contributed by atoms with van der Waals surface area (Å²) in [4.78, 5) is 27.5. The lowest BCUT2D eigenvalue weighted by Gasteiger charge is -2.44. The Morgan fingerprint density at radius 3 is 2.40 bits per heavy atom.